The molecule has 4 rings (SSSR count). The van der Waals surface area contributed by atoms with Crippen molar-refractivity contribution in [3.63, 3.8) is 0 Å². The highest BCUT2D eigenvalue weighted by molar-refractivity contribution is 6.04. The number of nitrogens with zero attached hydrogens (tertiary/aromatic N) is 3. The molecule has 0 saturated heterocycles. The van der Waals surface area contributed by atoms with Gasteiger partial charge in [-0.2, -0.15) is 4.98 Å². The van der Waals surface area contributed by atoms with Crippen LogP contribution in [0.3, 0.4) is 0 Å². The number of nitrogens with one attached hydrogen (secondary N) is 2. The molecule has 2 heterocycles. The third kappa shape index (κ3) is 5.39. The molecule has 0 saturated carbocycles. The smallest absolute Gasteiger partial charge is 0.255 e. The van der Waals surface area contributed by atoms with E-state index in [1.165, 1.54) is 0 Å². The van der Waals surface area contributed by atoms with Crippen molar-refractivity contribution in [2.75, 3.05) is 37.9 Å². The van der Waals surface area contributed by atoms with Gasteiger partial charge in [-0.15, -0.1) is 0 Å². The van der Waals surface area contributed by atoms with Gasteiger partial charge in [0, 0.05) is 41.1 Å². The number of anilines is 3. The molecule has 0 fully saturated rings. The lowest BCUT2D eigenvalue weighted by Gasteiger charge is -2.12. The summed E-state index contributed by atoms with van der Waals surface area (Å²) in [6, 6.07) is 22.4. The molecule has 4 aromatic rings. The van der Waals surface area contributed by atoms with E-state index in [9.17, 15) is 4.79 Å². The third-order valence-corrected chi connectivity index (χ3v) is 4.82. The number of carbonyl (C=O) groups excluding carboxylic acids is 1. The largest absolute Gasteiger partial charge is 0.476 e. The van der Waals surface area contributed by atoms with E-state index in [2.05, 4.69) is 25.5 Å². The lowest BCUT2D eigenvalue weighted by molar-refractivity contribution is 0.102. The minimum absolute atomic E-state index is 0.150. The summed E-state index contributed by atoms with van der Waals surface area (Å²) in [7, 11) is 4.00. The Morgan fingerprint density at radius 2 is 1.72 bits per heavy atom. The van der Waals surface area contributed by atoms with Crippen LogP contribution in [-0.2, 0) is 0 Å². The number of hydrogen-bond donors (Lipinski definition) is 2. The number of likely N-dealkylation sites (N-methyl/N-ethyl adjacent to an activating group) is 1. The number of benzene rings is 2. The number of hydrogen-bond acceptors (Lipinski definition) is 6. The Bertz CT molecular complexity index is 1190. The van der Waals surface area contributed by atoms with Gasteiger partial charge in [-0.3, -0.25) is 4.79 Å². The Labute approximate surface area is 187 Å². The van der Waals surface area contributed by atoms with Crippen LogP contribution in [0.25, 0.3) is 11.0 Å². The van der Waals surface area contributed by atoms with Crippen LogP contribution in [0.5, 0.6) is 5.88 Å². The zero-order valence-corrected chi connectivity index (χ0v) is 18.1. The minimum atomic E-state index is -0.150. The van der Waals surface area contributed by atoms with Gasteiger partial charge < -0.3 is 20.3 Å². The average molecular weight is 428 g/mol. The molecule has 2 aromatic carbocycles. The van der Waals surface area contributed by atoms with E-state index in [0.29, 0.717) is 23.7 Å². The fourth-order valence-corrected chi connectivity index (χ4v) is 3.12. The first kappa shape index (κ1) is 21.3. The normalized spacial score (nSPS) is 10.8. The Balaban J connectivity index is 1.45. The summed E-state index contributed by atoms with van der Waals surface area (Å²) in [5.74, 6) is 0.404. The summed E-state index contributed by atoms with van der Waals surface area (Å²) in [5, 5.41) is 7.16. The van der Waals surface area contributed by atoms with Gasteiger partial charge in [0.15, 0.2) is 5.65 Å². The summed E-state index contributed by atoms with van der Waals surface area (Å²) >= 11 is 0. The van der Waals surface area contributed by atoms with E-state index < -0.39 is 0 Å². The van der Waals surface area contributed by atoms with Crippen molar-refractivity contribution in [1.29, 1.82) is 0 Å². The number of amides is 1. The van der Waals surface area contributed by atoms with E-state index in [-0.39, 0.29) is 5.91 Å². The molecule has 0 atom stereocenters. The summed E-state index contributed by atoms with van der Waals surface area (Å²) in [5.41, 5.74) is 3.70. The molecule has 0 aliphatic carbocycles. The minimum Gasteiger partial charge on any atom is -0.476 e. The Kier molecular flexibility index (Phi) is 6.57. The van der Waals surface area contributed by atoms with E-state index in [1.54, 1.807) is 18.3 Å². The maximum Gasteiger partial charge on any atom is 0.255 e. The SMILES string of the molecule is CN(C)CCOc1ccc2c(Nc3ccc(C(=O)Nc4ccccc4)cc3)ccnc2n1. The molecule has 162 valence electrons. The standard InChI is InChI=1S/C25H25N5O2/c1-30(2)16-17-32-23-13-12-21-22(14-15-26-24(21)29-23)27-20-10-8-18(9-11-20)25(31)28-19-6-4-3-5-7-19/h3-15H,16-17H2,1-2H3,(H,28,31)(H,26,27,29). The zero-order valence-electron chi connectivity index (χ0n) is 18.1. The van der Waals surface area contributed by atoms with Crippen molar-refractivity contribution in [1.82, 2.24) is 14.9 Å². The van der Waals surface area contributed by atoms with Crippen molar-refractivity contribution >= 4 is 34.0 Å². The fourth-order valence-electron chi connectivity index (χ4n) is 3.12. The van der Waals surface area contributed by atoms with Crippen molar-refractivity contribution in [2.24, 2.45) is 0 Å². The van der Waals surface area contributed by atoms with Gasteiger partial charge in [-0.05, 0) is 62.6 Å². The van der Waals surface area contributed by atoms with Crippen LogP contribution in [0.1, 0.15) is 10.4 Å². The van der Waals surface area contributed by atoms with Crippen LogP contribution in [0.4, 0.5) is 17.1 Å². The first-order chi connectivity index (χ1) is 15.6. The monoisotopic (exact) mass is 427 g/mol. The third-order valence-electron chi connectivity index (χ3n) is 4.82. The summed E-state index contributed by atoms with van der Waals surface area (Å²) in [6.07, 6.45) is 1.71. The highest BCUT2D eigenvalue weighted by Gasteiger charge is 2.08. The van der Waals surface area contributed by atoms with Crippen LogP contribution in [-0.4, -0.2) is 48.0 Å². The second kappa shape index (κ2) is 9.89. The van der Waals surface area contributed by atoms with Gasteiger partial charge in [0.1, 0.15) is 6.61 Å². The van der Waals surface area contributed by atoms with Crippen molar-refractivity contribution < 1.29 is 9.53 Å². The quantitative estimate of drug-likeness (QED) is 0.429. The van der Waals surface area contributed by atoms with Crippen LogP contribution >= 0.6 is 0 Å². The molecule has 0 bridgehead atoms. The predicted octanol–water partition coefficient (Wildman–Crippen LogP) is 4.57. The number of rotatable bonds is 8. The molecular formula is C25H25N5O2. The molecular weight excluding hydrogens is 402 g/mol. The van der Waals surface area contributed by atoms with Crippen molar-refractivity contribution in [3.05, 3.63) is 84.6 Å². The van der Waals surface area contributed by atoms with Crippen LogP contribution in [0.15, 0.2) is 79.0 Å². The molecule has 32 heavy (non-hydrogen) atoms. The second-order valence-corrected chi connectivity index (χ2v) is 7.55. The number of carbonyl (C=O) groups is 1. The maximum atomic E-state index is 12.4. The summed E-state index contributed by atoms with van der Waals surface area (Å²) in [4.78, 5) is 23.4. The van der Waals surface area contributed by atoms with Crippen LogP contribution in [0.2, 0.25) is 0 Å². The Hall–Kier alpha value is -3.97. The number of fused-ring (bicyclic) bond motifs is 1. The Morgan fingerprint density at radius 3 is 2.47 bits per heavy atom. The van der Waals surface area contributed by atoms with E-state index in [0.717, 1.165) is 29.0 Å². The van der Waals surface area contributed by atoms with Gasteiger partial charge in [-0.1, -0.05) is 18.2 Å². The van der Waals surface area contributed by atoms with Gasteiger partial charge in [0.25, 0.3) is 5.91 Å². The lowest BCUT2D eigenvalue weighted by atomic mass is 10.1. The van der Waals surface area contributed by atoms with Crippen molar-refractivity contribution in [3.8, 4) is 5.88 Å². The molecule has 1 amide bonds. The first-order valence-electron chi connectivity index (χ1n) is 10.4. The van der Waals surface area contributed by atoms with Crippen molar-refractivity contribution in [2.45, 2.75) is 0 Å². The molecule has 0 radical (unpaired) electrons. The molecule has 7 nitrogen and oxygen atoms in total. The van der Waals surface area contributed by atoms with Crippen LogP contribution < -0.4 is 15.4 Å². The highest BCUT2D eigenvalue weighted by Crippen LogP contribution is 2.26. The fraction of sp³-hybridized carbons (Fsp3) is 0.160. The van der Waals surface area contributed by atoms with E-state index in [4.69, 9.17) is 4.74 Å². The molecule has 2 N–H and O–H groups in total. The molecule has 0 aliphatic heterocycles. The second-order valence-electron chi connectivity index (χ2n) is 7.55. The van der Waals surface area contributed by atoms with Gasteiger partial charge >= 0.3 is 0 Å². The van der Waals surface area contributed by atoms with E-state index >= 15 is 0 Å². The zero-order chi connectivity index (χ0) is 22.3. The maximum absolute atomic E-state index is 12.4. The highest BCUT2D eigenvalue weighted by atomic mass is 16.5. The summed E-state index contributed by atoms with van der Waals surface area (Å²) in [6.45, 7) is 1.38. The van der Waals surface area contributed by atoms with E-state index in [1.807, 2.05) is 74.8 Å². The average Bonchev–Trinajstić information content (AvgIpc) is 2.80. The van der Waals surface area contributed by atoms with Gasteiger partial charge in [0.05, 0.1) is 5.69 Å². The number of pyridine rings is 2. The molecule has 7 heteroatoms. The van der Waals surface area contributed by atoms with Crippen LogP contribution in [0, 0.1) is 0 Å². The molecule has 0 spiro atoms. The topological polar surface area (TPSA) is 79.4 Å². The lowest BCUT2D eigenvalue weighted by Crippen LogP contribution is -2.19. The predicted molar refractivity (Wildman–Crippen MR) is 128 cm³/mol. The first-order valence-corrected chi connectivity index (χ1v) is 10.4. The number of aromatic nitrogens is 2. The Morgan fingerprint density at radius 1 is 0.938 bits per heavy atom. The van der Waals surface area contributed by atoms with Gasteiger partial charge in [-0.25, -0.2) is 4.98 Å². The van der Waals surface area contributed by atoms with Gasteiger partial charge in [0.2, 0.25) is 5.88 Å². The number of para-hydroxylation sites is 1. The number of ether oxygens (including phenoxy) is 1. The molecule has 2 aromatic heterocycles. The summed E-state index contributed by atoms with van der Waals surface area (Å²) < 4.78 is 5.71. The molecule has 0 aliphatic rings. The molecule has 0 unspecified atom stereocenters.